The molecule has 0 bridgehead atoms. The van der Waals surface area contributed by atoms with E-state index in [1.165, 1.54) is 10.4 Å². The summed E-state index contributed by atoms with van der Waals surface area (Å²) in [4.78, 5) is 31.3. The Bertz CT molecular complexity index is 1020. The zero-order valence-electron chi connectivity index (χ0n) is 18.2. The van der Waals surface area contributed by atoms with Crippen LogP contribution >= 0.6 is 0 Å². The van der Waals surface area contributed by atoms with Crippen LogP contribution in [0.4, 0.5) is 0 Å². The molecule has 0 unspecified atom stereocenters. The standard InChI is InChI=1S/C26H27NO3Si/c1-26(2,3)31(20-12-6-4-7-13-20,21-14-8-5-9-15-21)19-18-30-27-24(28)22-16-10-11-17-23(22)25(27)29/h4-17H,18-19H2,1-3H3. The molecule has 4 rings (SSSR count). The number of nitrogens with zero attached hydrogens (tertiary/aromatic N) is 1. The molecule has 5 heteroatoms. The van der Waals surface area contributed by atoms with Crippen molar-refractivity contribution in [1.82, 2.24) is 5.06 Å². The van der Waals surface area contributed by atoms with Gasteiger partial charge in [-0.3, -0.25) is 14.4 Å². The third-order valence-corrected chi connectivity index (χ3v) is 12.4. The first-order chi connectivity index (χ1) is 14.9. The average molecular weight is 430 g/mol. The van der Waals surface area contributed by atoms with Gasteiger partial charge in [-0.15, -0.1) is 5.06 Å². The lowest BCUT2D eigenvalue weighted by Crippen LogP contribution is -2.64. The maximum Gasteiger partial charge on any atom is 0.285 e. The topological polar surface area (TPSA) is 46.6 Å². The fourth-order valence-electron chi connectivity index (χ4n) is 4.72. The molecule has 0 N–H and O–H groups in total. The van der Waals surface area contributed by atoms with Crippen LogP contribution in [0.2, 0.25) is 11.1 Å². The Kier molecular flexibility index (Phi) is 5.65. The minimum Gasteiger partial charge on any atom is -0.266 e. The van der Waals surface area contributed by atoms with Crippen molar-refractivity contribution in [3.63, 3.8) is 0 Å². The van der Waals surface area contributed by atoms with E-state index in [9.17, 15) is 9.59 Å². The van der Waals surface area contributed by atoms with Gasteiger partial charge in [0.1, 0.15) is 8.07 Å². The molecule has 2 amide bonds. The van der Waals surface area contributed by atoms with Crippen LogP contribution in [0, 0.1) is 0 Å². The van der Waals surface area contributed by atoms with Gasteiger partial charge in [0.25, 0.3) is 11.8 Å². The Morgan fingerprint density at radius 1 is 0.710 bits per heavy atom. The van der Waals surface area contributed by atoms with Crippen molar-refractivity contribution in [2.45, 2.75) is 31.9 Å². The molecular formula is C26H27NO3Si. The molecule has 0 fully saturated rings. The number of fused-ring (bicyclic) bond motifs is 1. The van der Waals surface area contributed by atoms with Crippen LogP contribution in [0.15, 0.2) is 84.9 Å². The molecular weight excluding hydrogens is 402 g/mol. The largest absolute Gasteiger partial charge is 0.285 e. The van der Waals surface area contributed by atoms with Gasteiger partial charge in [0.15, 0.2) is 0 Å². The summed E-state index contributed by atoms with van der Waals surface area (Å²) in [6.45, 7) is 7.13. The molecule has 0 aromatic heterocycles. The fourth-order valence-corrected chi connectivity index (χ4v) is 10.0. The lowest BCUT2D eigenvalue weighted by Gasteiger charge is -2.44. The van der Waals surface area contributed by atoms with Crippen LogP contribution in [0.5, 0.6) is 0 Å². The highest BCUT2D eigenvalue weighted by atomic mass is 28.3. The fraction of sp³-hybridized carbons (Fsp3) is 0.231. The van der Waals surface area contributed by atoms with Crippen molar-refractivity contribution in [2.75, 3.05) is 6.61 Å². The molecule has 1 heterocycles. The van der Waals surface area contributed by atoms with Crippen molar-refractivity contribution < 1.29 is 14.4 Å². The van der Waals surface area contributed by atoms with Crippen molar-refractivity contribution in [3.05, 3.63) is 96.1 Å². The normalized spacial score (nSPS) is 14.1. The summed E-state index contributed by atoms with van der Waals surface area (Å²) in [5.74, 6) is -0.772. The minimum absolute atomic E-state index is 0.0128. The quantitative estimate of drug-likeness (QED) is 0.434. The van der Waals surface area contributed by atoms with Gasteiger partial charge >= 0.3 is 0 Å². The maximum absolute atomic E-state index is 12.7. The van der Waals surface area contributed by atoms with E-state index in [2.05, 4.69) is 69.3 Å². The van der Waals surface area contributed by atoms with E-state index in [0.29, 0.717) is 17.7 Å². The van der Waals surface area contributed by atoms with Crippen molar-refractivity contribution in [3.8, 4) is 0 Å². The summed E-state index contributed by atoms with van der Waals surface area (Å²) < 4.78 is 0. The van der Waals surface area contributed by atoms with Gasteiger partial charge in [-0.1, -0.05) is 104 Å². The molecule has 0 saturated carbocycles. The minimum atomic E-state index is -2.32. The van der Waals surface area contributed by atoms with Crippen LogP contribution in [0.25, 0.3) is 0 Å². The van der Waals surface area contributed by atoms with Gasteiger partial charge in [-0.05, 0) is 23.2 Å². The molecule has 4 nitrogen and oxygen atoms in total. The van der Waals surface area contributed by atoms with E-state index in [1.807, 2.05) is 12.1 Å². The van der Waals surface area contributed by atoms with Gasteiger partial charge in [0, 0.05) is 0 Å². The van der Waals surface area contributed by atoms with Gasteiger partial charge in [0.2, 0.25) is 0 Å². The average Bonchev–Trinajstić information content (AvgIpc) is 3.02. The summed E-state index contributed by atoms with van der Waals surface area (Å²) in [7, 11) is -2.32. The molecule has 0 radical (unpaired) electrons. The number of hydroxylamine groups is 2. The van der Waals surface area contributed by atoms with E-state index < -0.39 is 8.07 Å². The van der Waals surface area contributed by atoms with Crippen LogP contribution in [-0.4, -0.2) is 31.6 Å². The first kappa shape index (κ1) is 21.2. The van der Waals surface area contributed by atoms with Crippen molar-refractivity contribution in [1.29, 1.82) is 0 Å². The van der Waals surface area contributed by atoms with Crippen LogP contribution in [0.3, 0.4) is 0 Å². The second-order valence-corrected chi connectivity index (χ2v) is 13.9. The molecule has 0 spiro atoms. The Labute approximate surface area is 184 Å². The van der Waals surface area contributed by atoms with Gasteiger partial charge < -0.3 is 0 Å². The molecule has 3 aromatic carbocycles. The smallest absolute Gasteiger partial charge is 0.266 e. The molecule has 31 heavy (non-hydrogen) atoms. The third-order valence-electron chi connectivity index (χ3n) is 6.27. The summed E-state index contributed by atoms with van der Waals surface area (Å²) in [6, 6.07) is 28.8. The summed E-state index contributed by atoms with van der Waals surface area (Å²) in [6.07, 6.45) is 0. The Morgan fingerprint density at radius 3 is 1.55 bits per heavy atom. The maximum atomic E-state index is 12.7. The highest BCUT2D eigenvalue weighted by molar-refractivity contribution is 7.04. The van der Waals surface area contributed by atoms with Crippen LogP contribution in [0.1, 0.15) is 41.5 Å². The number of carbonyl (C=O) groups excluding carboxylic acids is 2. The molecule has 3 aromatic rings. The molecule has 0 atom stereocenters. The number of hydrogen-bond donors (Lipinski definition) is 0. The SMILES string of the molecule is CC(C)(C)[Si](CCON1C(=O)c2ccccc2C1=O)(c1ccccc1)c1ccccc1. The predicted molar refractivity (Wildman–Crippen MR) is 125 cm³/mol. The number of rotatable bonds is 6. The molecule has 1 aliphatic rings. The van der Waals surface area contributed by atoms with E-state index in [4.69, 9.17) is 4.84 Å². The second-order valence-electron chi connectivity index (χ2n) is 8.92. The monoisotopic (exact) mass is 429 g/mol. The van der Waals surface area contributed by atoms with Gasteiger partial charge in [-0.2, -0.15) is 0 Å². The predicted octanol–water partition coefficient (Wildman–Crippen LogP) is 4.28. The molecule has 0 saturated heterocycles. The van der Waals surface area contributed by atoms with E-state index in [-0.39, 0.29) is 16.9 Å². The van der Waals surface area contributed by atoms with E-state index >= 15 is 0 Å². The number of benzene rings is 3. The summed E-state index contributed by atoms with van der Waals surface area (Å²) in [5.41, 5.74) is 0.802. The number of hydrogen-bond acceptors (Lipinski definition) is 3. The number of imide groups is 1. The van der Waals surface area contributed by atoms with Crippen molar-refractivity contribution >= 4 is 30.3 Å². The third kappa shape index (κ3) is 3.64. The first-order valence-corrected chi connectivity index (χ1v) is 12.8. The summed E-state index contributed by atoms with van der Waals surface area (Å²) >= 11 is 0. The Morgan fingerprint density at radius 2 is 1.13 bits per heavy atom. The van der Waals surface area contributed by atoms with Crippen LogP contribution in [-0.2, 0) is 4.84 Å². The highest BCUT2D eigenvalue weighted by Gasteiger charge is 2.47. The number of amides is 2. The molecule has 158 valence electrons. The Hall–Kier alpha value is -3.02. The van der Waals surface area contributed by atoms with E-state index in [0.717, 1.165) is 11.1 Å². The van der Waals surface area contributed by atoms with Crippen molar-refractivity contribution in [2.24, 2.45) is 0 Å². The summed E-state index contributed by atoms with van der Waals surface area (Å²) in [5, 5.41) is 3.56. The zero-order valence-corrected chi connectivity index (χ0v) is 19.2. The Balaban J connectivity index is 1.65. The highest BCUT2D eigenvalue weighted by Crippen LogP contribution is 2.38. The second kappa shape index (κ2) is 8.25. The van der Waals surface area contributed by atoms with Gasteiger partial charge in [-0.25, -0.2) is 0 Å². The van der Waals surface area contributed by atoms with Crippen LogP contribution < -0.4 is 10.4 Å². The lowest BCUT2D eigenvalue weighted by atomic mass is 10.1. The number of carbonyl (C=O) groups is 2. The van der Waals surface area contributed by atoms with Gasteiger partial charge in [0.05, 0.1) is 17.7 Å². The first-order valence-electron chi connectivity index (χ1n) is 10.6. The zero-order chi connectivity index (χ0) is 22.1. The van der Waals surface area contributed by atoms with E-state index in [1.54, 1.807) is 24.3 Å². The lowest BCUT2D eigenvalue weighted by molar-refractivity contribution is -0.0865. The molecule has 1 aliphatic heterocycles. The molecule has 0 aliphatic carbocycles.